The summed E-state index contributed by atoms with van der Waals surface area (Å²) in [5, 5.41) is 8.82. The lowest BCUT2D eigenvalue weighted by Crippen LogP contribution is -2.44. The van der Waals surface area contributed by atoms with Crippen LogP contribution in [-0.2, 0) is 14.4 Å². The van der Waals surface area contributed by atoms with Gasteiger partial charge in [-0.15, -0.1) is 0 Å². The van der Waals surface area contributed by atoms with Gasteiger partial charge in [-0.1, -0.05) is 13.8 Å². The fourth-order valence-corrected chi connectivity index (χ4v) is 4.45. The number of carbonyl (C=O) groups excluding carboxylic acids is 1. The molecule has 0 spiro atoms. The first-order chi connectivity index (χ1) is 9.08. The molecule has 0 aromatic rings. The Hall–Kier alpha value is -0.610. The molecule has 3 aliphatic carbocycles. The fraction of sp³-hybridized carbons (Fsp3) is 0.933. The molecule has 110 valence electrons. The summed E-state index contributed by atoms with van der Waals surface area (Å²) in [4.78, 5) is 16.6. The average molecular weight is 270 g/mol. The van der Waals surface area contributed by atoms with E-state index in [1.165, 1.54) is 20.0 Å². The maximum Gasteiger partial charge on any atom is 0.309 e. The minimum atomic E-state index is -0.133. The van der Waals surface area contributed by atoms with E-state index in [2.05, 4.69) is 18.7 Å². The number of methoxy groups -OCH3 is 1. The molecular weight excluding hydrogens is 244 g/mol. The minimum absolute atomic E-state index is 0.0722. The van der Waals surface area contributed by atoms with Gasteiger partial charge in [0.05, 0.1) is 19.6 Å². The van der Waals surface area contributed by atoms with Crippen molar-refractivity contribution in [2.75, 3.05) is 13.7 Å². The predicted octanol–water partition coefficient (Wildman–Crippen LogP) is 2.97. The van der Waals surface area contributed by atoms with Crippen LogP contribution in [0.4, 0.5) is 0 Å². The Morgan fingerprint density at radius 2 is 1.95 bits per heavy atom. The van der Waals surface area contributed by atoms with E-state index in [0.29, 0.717) is 17.8 Å². The monoisotopic (exact) mass is 270 g/mol. The number of hydrogen-bond acceptors (Lipinski definition) is 4. The van der Waals surface area contributed by atoms with Gasteiger partial charge >= 0.3 is 5.97 Å². The van der Waals surface area contributed by atoms with Crippen LogP contribution in [0.3, 0.4) is 0 Å². The molecule has 3 saturated carbocycles. The number of esters is 1. The molecule has 0 aromatic carbocycles. The summed E-state index contributed by atoms with van der Waals surface area (Å²) in [6.07, 6.45) is 4.47. The zero-order chi connectivity index (χ0) is 14.0. The molecule has 1 N–H and O–H groups in total. The third-order valence-corrected chi connectivity index (χ3v) is 5.49. The molecule has 6 unspecified atom stereocenters. The molecule has 3 rings (SSSR count). The second-order valence-corrected chi connectivity index (χ2v) is 6.53. The van der Waals surface area contributed by atoms with E-state index >= 15 is 0 Å². The summed E-state index contributed by atoms with van der Waals surface area (Å²) in [7, 11) is 1.46. The van der Waals surface area contributed by atoms with Crippen LogP contribution in [0.2, 0.25) is 0 Å². The molecule has 0 aliphatic heterocycles. The Kier molecular flexibility index (Phi) is 4.85. The van der Waals surface area contributed by atoms with Crippen molar-refractivity contribution in [3.63, 3.8) is 0 Å². The third kappa shape index (κ3) is 2.95. The van der Waals surface area contributed by atoms with Crippen molar-refractivity contribution in [1.82, 2.24) is 0 Å². The topological polar surface area (TPSA) is 55.8 Å². The smallest absolute Gasteiger partial charge is 0.309 e. The van der Waals surface area contributed by atoms with Crippen LogP contribution in [0.5, 0.6) is 0 Å². The van der Waals surface area contributed by atoms with Crippen LogP contribution in [0.1, 0.15) is 39.5 Å². The molecule has 6 atom stereocenters. The van der Waals surface area contributed by atoms with Crippen LogP contribution < -0.4 is 0 Å². The highest BCUT2D eigenvalue weighted by atomic mass is 17.1. The van der Waals surface area contributed by atoms with Crippen molar-refractivity contribution >= 4 is 5.97 Å². The van der Waals surface area contributed by atoms with E-state index in [4.69, 9.17) is 9.99 Å². The van der Waals surface area contributed by atoms with Crippen LogP contribution in [0.15, 0.2) is 0 Å². The molecule has 2 bridgehead atoms. The van der Waals surface area contributed by atoms with Gasteiger partial charge < -0.3 is 4.74 Å². The molecule has 3 aliphatic rings. The van der Waals surface area contributed by atoms with Gasteiger partial charge in [-0.25, -0.2) is 4.89 Å². The zero-order valence-electron chi connectivity index (χ0n) is 12.2. The van der Waals surface area contributed by atoms with Crippen molar-refractivity contribution in [2.24, 2.45) is 35.5 Å². The van der Waals surface area contributed by atoms with Gasteiger partial charge in [0.25, 0.3) is 0 Å². The third-order valence-electron chi connectivity index (χ3n) is 5.49. The van der Waals surface area contributed by atoms with E-state index in [1.54, 1.807) is 0 Å². The first-order valence-electron chi connectivity index (χ1n) is 7.42. The van der Waals surface area contributed by atoms with E-state index in [9.17, 15) is 4.79 Å². The molecule has 0 saturated heterocycles. The SMILES string of the molecule is COC(=O)C1C(COO)CC(C)C2CCC1C(C)C2. The normalized spacial score (nSPS) is 42.5. The van der Waals surface area contributed by atoms with Crippen molar-refractivity contribution in [3.05, 3.63) is 0 Å². The Balaban J connectivity index is 2.27. The van der Waals surface area contributed by atoms with Crippen LogP contribution >= 0.6 is 0 Å². The lowest BCUT2D eigenvalue weighted by atomic mass is 9.59. The van der Waals surface area contributed by atoms with Crippen molar-refractivity contribution in [3.8, 4) is 0 Å². The summed E-state index contributed by atoms with van der Waals surface area (Å²) < 4.78 is 5.02. The lowest BCUT2D eigenvalue weighted by Gasteiger charge is -2.46. The lowest BCUT2D eigenvalue weighted by molar-refractivity contribution is -0.258. The first-order valence-corrected chi connectivity index (χ1v) is 7.42. The van der Waals surface area contributed by atoms with Crippen molar-refractivity contribution in [1.29, 1.82) is 0 Å². The standard InChI is InChI=1S/C15H26O4/c1-9-6-12(8-19-17)14(15(16)18-3)13-5-4-11(9)7-10(13)2/h9-14,17H,4-8H2,1-3H3. The van der Waals surface area contributed by atoms with E-state index in [1.807, 2.05) is 0 Å². The summed E-state index contributed by atoms with van der Waals surface area (Å²) >= 11 is 0. The summed E-state index contributed by atoms with van der Waals surface area (Å²) in [6, 6.07) is 0. The molecular formula is C15H26O4. The molecule has 19 heavy (non-hydrogen) atoms. The highest BCUT2D eigenvalue weighted by molar-refractivity contribution is 5.73. The van der Waals surface area contributed by atoms with Gasteiger partial charge in [0, 0.05) is 0 Å². The second-order valence-electron chi connectivity index (χ2n) is 6.53. The van der Waals surface area contributed by atoms with Gasteiger partial charge in [-0.2, -0.15) is 0 Å². The number of ether oxygens (including phenoxy) is 1. The van der Waals surface area contributed by atoms with Gasteiger partial charge in [-0.3, -0.25) is 10.1 Å². The Morgan fingerprint density at radius 1 is 1.21 bits per heavy atom. The van der Waals surface area contributed by atoms with E-state index in [-0.39, 0.29) is 24.4 Å². The highest BCUT2D eigenvalue weighted by Crippen LogP contribution is 2.48. The minimum Gasteiger partial charge on any atom is -0.469 e. The number of fused-ring (bicyclic) bond motifs is 5. The average Bonchev–Trinajstić information content (AvgIpc) is 2.38. The Bertz CT molecular complexity index is 317. The zero-order valence-corrected chi connectivity index (χ0v) is 12.2. The number of carbonyl (C=O) groups is 1. The maximum absolute atomic E-state index is 12.2. The summed E-state index contributed by atoms with van der Waals surface area (Å²) in [5.41, 5.74) is 0. The quantitative estimate of drug-likeness (QED) is 0.486. The maximum atomic E-state index is 12.2. The van der Waals surface area contributed by atoms with Crippen LogP contribution in [0.25, 0.3) is 0 Å². The number of hydrogen-bond donors (Lipinski definition) is 1. The van der Waals surface area contributed by atoms with Crippen LogP contribution in [-0.4, -0.2) is 24.9 Å². The molecule has 0 radical (unpaired) electrons. The van der Waals surface area contributed by atoms with E-state index < -0.39 is 0 Å². The summed E-state index contributed by atoms with van der Waals surface area (Å²) in [6.45, 7) is 4.75. The van der Waals surface area contributed by atoms with Crippen molar-refractivity contribution in [2.45, 2.75) is 39.5 Å². The van der Waals surface area contributed by atoms with Crippen molar-refractivity contribution < 1.29 is 19.7 Å². The number of rotatable bonds is 3. The Labute approximate surface area is 115 Å². The Morgan fingerprint density at radius 3 is 2.53 bits per heavy atom. The molecule has 0 amide bonds. The van der Waals surface area contributed by atoms with E-state index in [0.717, 1.165) is 18.8 Å². The predicted molar refractivity (Wildman–Crippen MR) is 71.4 cm³/mol. The first kappa shape index (κ1) is 14.8. The molecule has 4 nitrogen and oxygen atoms in total. The molecule has 0 heterocycles. The summed E-state index contributed by atoms with van der Waals surface area (Å²) in [5.74, 6) is 2.07. The van der Waals surface area contributed by atoms with Gasteiger partial charge in [0.1, 0.15) is 0 Å². The van der Waals surface area contributed by atoms with Gasteiger partial charge in [0.15, 0.2) is 0 Å². The highest BCUT2D eigenvalue weighted by Gasteiger charge is 2.45. The van der Waals surface area contributed by atoms with Gasteiger partial charge in [-0.05, 0) is 55.3 Å². The molecule has 0 aromatic heterocycles. The van der Waals surface area contributed by atoms with Gasteiger partial charge in [0.2, 0.25) is 0 Å². The molecule has 4 heteroatoms. The van der Waals surface area contributed by atoms with Crippen LogP contribution in [0, 0.1) is 35.5 Å². The molecule has 3 fully saturated rings. The largest absolute Gasteiger partial charge is 0.469 e. The fourth-order valence-electron chi connectivity index (χ4n) is 4.45. The second kappa shape index (κ2) is 6.23.